The Balaban J connectivity index is 1.03. The molecule has 202 valence electrons. The van der Waals surface area contributed by atoms with Gasteiger partial charge in [0, 0.05) is 55.4 Å². The van der Waals surface area contributed by atoms with Crippen molar-refractivity contribution in [1.82, 2.24) is 39.7 Å². The van der Waals surface area contributed by atoms with Gasteiger partial charge in [0.25, 0.3) is 0 Å². The van der Waals surface area contributed by atoms with Crippen molar-refractivity contribution in [2.75, 3.05) is 18.0 Å². The van der Waals surface area contributed by atoms with E-state index in [1.54, 1.807) is 27.8 Å². The predicted octanol–water partition coefficient (Wildman–Crippen LogP) is 4.34. The molecule has 1 saturated carbocycles. The lowest BCUT2D eigenvalue weighted by atomic mass is 9.86. The molecule has 1 spiro atoms. The predicted molar refractivity (Wildman–Crippen MR) is 155 cm³/mol. The molecule has 10 nitrogen and oxygen atoms in total. The van der Waals surface area contributed by atoms with Gasteiger partial charge in [0.15, 0.2) is 0 Å². The van der Waals surface area contributed by atoms with Gasteiger partial charge in [-0.1, -0.05) is 11.6 Å². The first kappa shape index (κ1) is 24.1. The number of rotatable bonds is 4. The Labute approximate surface area is 240 Å². The Kier molecular flexibility index (Phi) is 5.21. The van der Waals surface area contributed by atoms with Gasteiger partial charge < -0.3 is 10.2 Å². The van der Waals surface area contributed by atoms with Crippen molar-refractivity contribution in [3.8, 4) is 28.5 Å². The molecule has 2 aliphatic heterocycles. The van der Waals surface area contributed by atoms with Crippen LogP contribution in [0.15, 0.2) is 67.7 Å². The summed E-state index contributed by atoms with van der Waals surface area (Å²) in [5, 5.41) is 22.8. The fourth-order valence-electron chi connectivity index (χ4n) is 6.83. The van der Waals surface area contributed by atoms with E-state index >= 15 is 0 Å². The Bertz CT molecular complexity index is 1880. The average Bonchev–Trinajstić information content (AvgIpc) is 3.74. The van der Waals surface area contributed by atoms with E-state index in [2.05, 4.69) is 37.5 Å². The minimum absolute atomic E-state index is 0.0432. The summed E-state index contributed by atoms with van der Waals surface area (Å²) in [5.41, 5.74) is 6.53. The van der Waals surface area contributed by atoms with Gasteiger partial charge in [-0.2, -0.15) is 15.5 Å². The Morgan fingerprint density at radius 1 is 1.02 bits per heavy atom. The second-order valence-electron chi connectivity index (χ2n) is 11.3. The van der Waals surface area contributed by atoms with Crippen LogP contribution in [0.25, 0.3) is 33.6 Å². The van der Waals surface area contributed by atoms with Crippen LogP contribution in [0.3, 0.4) is 0 Å². The smallest absolute Gasteiger partial charge is 0.147 e. The van der Waals surface area contributed by atoms with Crippen molar-refractivity contribution in [3.05, 3.63) is 83.9 Å². The molecule has 1 saturated heterocycles. The zero-order valence-corrected chi connectivity index (χ0v) is 23.0. The first-order valence-electron chi connectivity index (χ1n) is 13.6. The fourth-order valence-corrected chi connectivity index (χ4v) is 7.05. The molecular weight excluding hydrogens is 536 g/mol. The van der Waals surface area contributed by atoms with Gasteiger partial charge in [-0.3, -0.25) is 14.6 Å². The third kappa shape index (κ3) is 3.88. The topological polar surface area (TPSA) is 113 Å². The number of nitrogens with zero attached hydrogens (tertiary/aromatic N) is 9. The van der Waals surface area contributed by atoms with E-state index in [0.29, 0.717) is 28.1 Å². The minimum atomic E-state index is 0.0432. The fraction of sp³-hybridized carbons (Fsp3) is 0.267. The molecule has 0 aromatic carbocycles. The summed E-state index contributed by atoms with van der Waals surface area (Å²) in [4.78, 5) is 16.4. The molecular formula is C30H25ClN10. The summed E-state index contributed by atoms with van der Waals surface area (Å²) < 4.78 is 3.50. The third-order valence-corrected chi connectivity index (χ3v) is 8.96. The number of fused-ring (bicyclic) bond motifs is 2. The summed E-state index contributed by atoms with van der Waals surface area (Å²) in [6.45, 7) is 1.91. The van der Waals surface area contributed by atoms with E-state index < -0.39 is 0 Å². The molecule has 7 heterocycles. The number of hydrogen-bond donors (Lipinski definition) is 1. The molecule has 8 rings (SSSR count). The van der Waals surface area contributed by atoms with Crippen LogP contribution >= 0.6 is 11.6 Å². The molecule has 3 aliphatic rings. The number of hydrogen-bond acceptors (Lipinski definition) is 8. The lowest BCUT2D eigenvalue weighted by Gasteiger charge is -2.40. The van der Waals surface area contributed by atoms with Crippen LogP contribution in [0.5, 0.6) is 0 Å². The van der Waals surface area contributed by atoms with Crippen molar-refractivity contribution in [2.45, 2.75) is 18.4 Å². The van der Waals surface area contributed by atoms with Crippen molar-refractivity contribution < 1.29 is 0 Å². The summed E-state index contributed by atoms with van der Waals surface area (Å²) >= 11 is 6.35. The van der Waals surface area contributed by atoms with Crippen LogP contribution in [0.2, 0.25) is 5.02 Å². The van der Waals surface area contributed by atoms with E-state index in [1.165, 1.54) is 0 Å². The highest BCUT2D eigenvalue weighted by molar-refractivity contribution is 6.32. The molecule has 1 aliphatic carbocycles. The standard InChI is InChI=1S/C30H25ClN10/c1-39-14-22(11-36-39)18-5-23(29-21(9-32)10-37-41(29)17-18)26-12-35-27(13-34-26)40-15-19-6-30(7-20(19)16-40)8-25(38-30)28-24(31)3-2-4-33-28/h2-5,8,10-14,17,19-20,38H,6-7,15-16H2,1H3/t19-,20+,30?. The maximum absolute atomic E-state index is 9.72. The zero-order valence-electron chi connectivity index (χ0n) is 22.2. The minimum Gasteiger partial charge on any atom is -0.374 e. The lowest BCUT2D eigenvalue weighted by molar-refractivity contribution is 0.410. The summed E-state index contributed by atoms with van der Waals surface area (Å²) in [6.07, 6.45) is 17.2. The largest absolute Gasteiger partial charge is 0.374 e. The lowest BCUT2D eigenvalue weighted by Crippen LogP contribution is -2.49. The number of aryl methyl sites for hydroxylation is 1. The normalized spacial score (nSPS) is 22.9. The second-order valence-corrected chi connectivity index (χ2v) is 11.7. The van der Waals surface area contributed by atoms with E-state index in [0.717, 1.165) is 65.3 Å². The summed E-state index contributed by atoms with van der Waals surface area (Å²) in [6, 6.07) is 8.02. The van der Waals surface area contributed by atoms with Crippen LogP contribution in [0.1, 0.15) is 24.1 Å². The van der Waals surface area contributed by atoms with Gasteiger partial charge in [0.05, 0.1) is 57.8 Å². The van der Waals surface area contributed by atoms with Gasteiger partial charge >= 0.3 is 0 Å². The number of aromatic nitrogens is 7. The van der Waals surface area contributed by atoms with Gasteiger partial charge in [0.2, 0.25) is 0 Å². The number of pyridine rings is 2. The zero-order chi connectivity index (χ0) is 27.7. The van der Waals surface area contributed by atoms with Gasteiger partial charge in [-0.15, -0.1) is 0 Å². The molecule has 11 heteroatoms. The maximum atomic E-state index is 9.72. The molecule has 0 radical (unpaired) electrons. The van der Waals surface area contributed by atoms with E-state index in [1.807, 2.05) is 50.0 Å². The monoisotopic (exact) mass is 560 g/mol. The Morgan fingerprint density at radius 3 is 2.54 bits per heavy atom. The van der Waals surface area contributed by atoms with Gasteiger partial charge in [0.1, 0.15) is 17.6 Å². The Morgan fingerprint density at radius 2 is 1.85 bits per heavy atom. The van der Waals surface area contributed by atoms with E-state index in [-0.39, 0.29) is 5.54 Å². The highest BCUT2D eigenvalue weighted by atomic mass is 35.5. The molecule has 3 atom stereocenters. The number of nitriles is 1. The van der Waals surface area contributed by atoms with E-state index in [4.69, 9.17) is 21.6 Å². The first-order chi connectivity index (χ1) is 20.0. The molecule has 1 unspecified atom stereocenters. The van der Waals surface area contributed by atoms with Gasteiger partial charge in [-0.25, -0.2) is 9.50 Å². The number of halogens is 1. The average molecular weight is 561 g/mol. The van der Waals surface area contributed by atoms with Crippen LogP contribution in [0, 0.1) is 23.2 Å². The van der Waals surface area contributed by atoms with Crippen molar-refractivity contribution in [2.24, 2.45) is 18.9 Å². The van der Waals surface area contributed by atoms with Crippen LogP contribution < -0.4 is 10.2 Å². The highest BCUT2D eigenvalue weighted by Crippen LogP contribution is 2.50. The Hall–Kier alpha value is -4.75. The summed E-state index contributed by atoms with van der Waals surface area (Å²) in [5.74, 6) is 2.05. The molecule has 41 heavy (non-hydrogen) atoms. The molecule has 5 aromatic heterocycles. The van der Waals surface area contributed by atoms with E-state index in [9.17, 15) is 5.26 Å². The second kappa shape index (κ2) is 8.88. The first-order valence-corrected chi connectivity index (χ1v) is 14.0. The van der Waals surface area contributed by atoms with Crippen molar-refractivity contribution in [1.29, 1.82) is 5.26 Å². The number of nitrogens with one attached hydrogen (secondary N) is 1. The van der Waals surface area contributed by atoms with Crippen LogP contribution in [0.4, 0.5) is 5.82 Å². The molecule has 1 N–H and O–H groups in total. The molecule has 0 bridgehead atoms. The quantitative estimate of drug-likeness (QED) is 0.345. The maximum Gasteiger partial charge on any atom is 0.147 e. The molecule has 0 amide bonds. The molecule has 5 aromatic rings. The number of anilines is 1. The third-order valence-electron chi connectivity index (χ3n) is 8.66. The highest BCUT2D eigenvalue weighted by Gasteiger charge is 2.52. The summed E-state index contributed by atoms with van der Waals surface area (Å²) in [7, 11) is 1.88. The molecule has 2 fully saturated rings. The van der Waals surface area contributed by atoms with Crippen LogP contribution in [-0.2, 0) is 7.05 Å². The SMILES string of the molecule is Cn1cc(-c2cc(-c3cnc(N4C[C@@H]5CC6(C=C(c7ncccc7Cl)N6)C[C@@H]5C4)cn3)c3c(C#N)cnn3c2)cn1. The van der Waals surface area contributed by atoms with Crippen molar-refractivity contribution in [3.63, 3.8) is 0 Å². The van der Waals surface area contributed by atoms with Crippen molar-refractivity contribution >= 4 is 28.6 Å². The van der Waals surface area contributed by atoms with Crippen LogP contribution in [-0.4, -0.2) is 53.0 Å². The van der Waals surface area contributed by atoms with Gasteiger partial charge in [-0.05, 0) is 49.0 Å².